The Labute approximate surface area is 167 Å². The minimum atomic E-state index is -1.04. The lowest BCUT2D eigenvalue weighted by molar-refractivity contribution is -0.117. The maximum atomic E-state index is 13.1. The monoisotopic (exact) mass is 416 g/mol. The van der Waals surface area contributed by atoms with Crippen LogP contribution in [0.4, 0.5) is 10.2 Å². The molecule has 1 saturated carbocycles. The van der Waals surface area contributed by atoms with Crippen molar-refractivity contribution in [3.63, 3.8) is 0 Å². The second kappa shape index (κ2) is 6.42. The number of carbonyl (C=O) groups excluding carboxylic acids is 1. The zero-order chi connectivity index (χ0) is 19.4. The van der Waals surface area contributed by atoms with E-state index < -0.39 is 12.1 Å². The molecule has 9 heteroatoms. The summed E-state index contributed by atoms with van der Waals surface area (Å²) in [6.07, 6.45) is 1.04. The van der Waals surface area contributed by atoms with E-state index in [9.17, 15) is 9.18 Å². The predicted octanol–water partition coefficient (Wildman–Crippen LogP) is 4.80. The average Bonchev–Trinajstić information content (AvgIpc) is 3.07. The minimum Gasteiger partial charge on any atom is -0.496 e. The number of alkyl halides is 1. The number of aromatic nitrogens is 3. The number of aromatic amines is 1. The fourth-order valence-electron chi connectivity index (χ4n) is 3.29. The number of methoxy groups -OCH3 is 1. The standard InChI is InChI=1S/C19H14ClFN4O2S/c1-27-13-5-12-17(28-7-23-12)16(20)15(13)10-6-22-18-8(10)2-3-14(24-18)25-19(26)9-4-11(9)21/h2-3,5-7,9,11H,4H2,1H3,(H2,22,24,25,26). The largest absolute Gasteiger partial charge is 0.496 e. The number of H-pyrrole nitrogens is 1. The zero-order valence-electron chi connectivity index (χ0n) is 14.6. The van der Waals surface area contributed by atoms with E-state index in [2.05, 4.69) is 20.3 Å². The lowest BCUT2D eigenvalue weighted by Crippen LogP contribution is -2.15. The van der Waals surface area contributed by atoms with E-state index in [0.29, 0.717) is 22.2 Å². The molecule has 142 valence electrons. The fourth-order valence-corrected chi connectivity index (χ4v) is 4.42. The summed E-state index contributed by atoms with van der Waals surface area (Å²) in [6.45, 7) is 0. The first-order valence-electron chi connectivity index (χ1n) is 8.60. The molecule has 2 N–H and O–H groups in total. The van der Waals surface area contributed by atoms with Gasteiger partial charge in [-0.15, -0.1) is 11.3 Å². The highest BCUT2D eigenvalue weighted by Crippen LogP contribution is 2.45. The van der Waals surface area contributed by atoms with Gasteiger partial charge in [0, 0.05) is 28.8 Å². The Balaban J connectivity index is 1.58. The second-order valence-corrected chi connectivity index (χ2v) is 7.84. The highest BCUT2D eigenvalue weighted by atomic mass is 35.5. The van der Waals surface area contributed by atoms with E-state index in [-0.39, 0.29) is 12.3 Å². The molecular weight excluding hydrogens is 403 g/mol. The van der Waals surface area contributed by atoms with Gasteiger partial charge in [-0.3, -0.25) is 4.79 Å². The fraction of sp³-hybridized carbons (Fsp3) is 0.211. The molecule has 28 heavy (non-hydrogen) atoms. The van der Waals surface area contributed by atoms with E-state index >= 15 is 0 Å². The molecule has 0 saturated heterocycles. The first-order valence-corrected chi connectivity index (χ1v) is 9.85. The summed E-state index contributed by atoms with van der Waals surface area (Å²) in [6, 6.07) is 5.39. The Morgan fingerprint density at radius 2 is 2.29 bits per heavy atom. The Morgan fingerprint density at radius 3 is 3.04 bits per heavy atom. The maximum Gasteiger partial charge on any atom is 0.231 e. The molecule has 0 spiro atoms. The van der Waals surface area contributed by atoms with E-state index in [4.69, 9.17) is 16.3 Å². The third-order valence-corrected chi connectivity index (χ3v) is 6.21. The smallest absolute Gasteiger partial charge is 0.231 e. The third kappa shape index (κ3) is 2.71. The molecule has 1 aromatic carbocycles. The molecule has 2 atom stereocenters. The quantitative estimate of drug-likeness (QED) is 0.501. The summed E-state index contributed by atoms with van der Waals surface area (Å²) >= 11 is 8.14. The molecule has 1 fully saturated rings. The summed E-state index contributed by atoms with van der Waals surface area (Å²) in [5.41, 5.74) is 4.70. The number of carbonyl (C=O) groups is 1. The number of amides is 1. The number of halogens is 2. The summed E-state index contributed by atoms with van der Waals surface area (Å²) in [7, 11) is 1.59. The van der Waals surface area contributed by atoms with Gasteiger partial charge >= 0.3 is 0 Å². The molecule has 6 nitrogen and oxygen atoms in total. The predicted molar refractivity (Wildman–Crippen MR) is 108 cm³/mol. The van der Waals surface area contributed by atoms with Crippen molar-refractivity contribution in [2.45, 2.75) is 12.6 Å². The van der Waals surface area contributed by atoms with Gasteiger partial charge in [-0.05, 0) is 18.6 Å². The van der Waals surface area contributed by atoms with Crippen molar-refractivity contribution in [2.75, 3.05) is 12.4 Å². The summed E-state index contributed by atoms with van der Waals surface area (Å²) in [5, 5.41) is 4.06. The van der Waals surface area contributed by atoms with E-state index in [1.54, 1.807) is 24.9 Å². The third-order valence-electron chi connectivity index (χ3n) is 4.86. The van der Waals surface area contributed by atoms with Gasteiger partial charge in [-0.25, -0.2) is 14.4 Å². The van der Waals surface area contributed by atoms with Crippen LogP contribution in [0.15, 0.2) is 29.9 Å². The lowest BCUT2D eigenvalue weighted by Gasteiger charge is -2.11. The molecule has 0 radical (unpaired) electrons. The number of pyridine rings is 1. The molecule has 1 amide bonds. The van der Waals surface area contributed by atoms with Crippen molar-refractivity contribution >= 4 is 55.9 Å². The first-order chi connectivity index (χ1) is 13.6. The number of anilines is 1. The van der Waals surface area contributed by atoms with Crippen molar-refractivity contribution in [1.82, 2.24) is 15.0 Å². The topological polar surface area (TPSA) is 79.9 Å². The van der Waals surface area contributed by atoms with E-state index in [0.717, 1.165) is 26.7 Å². The number of fused-ring (bicyclic) bond motifs is 2. The number of hydrogen-bond donors (Lipinski definition) is 2. The van der Waals surface area contributed by atoms with Gasteiger partial charge in [0.05, 0.1) is 33.8 Å². The summed E-state index contributed by atoms with van der Waals surface area (Å²) in [4.78, 5) is 23.8. The van der Waals surface area contributed by atoms with Gasteiger partial charge in [-0.2, -0.15) is 0 Å². The van der Waals surface area contributed by atoms with Gasteiger partial charge in [0.2, 0.25) is 5.91 Å². The highest BCUT2D eigenvalue weighted by Gasteiger charge is 2.43. The lowest BCUT2D eigenvalue weighted by atomic mass is 10.0. The van der Waals surface area contributed by atoms with E-state index in [1.807, 2.05) is 12.1 Å². The Kier molecular flexibility index (Phi) is 3.99. The van der Waals surface area contributed by atoms with Crippen LogP contribution in [-0.2, 0) is 4.79 Å². The number of nitrogens with zero attached hydrogens (tertiary/aromatic N) is 2. The van der Waals surface area contributed by atoms with Crippen LogP contribution in [0.2, 0.25) is 5.02 Å². The van der Waals surface area contributed by atoms with Gasteiger partial charge < -0.3 is 15.0 Å². The number of rotatable bonds is 4. The van der Waals surface area contributed by atoms with Crippen LogP contribution in [0, 0.1) is 5.92 Å². The number of nitrogens with one attached hydrogen (secondary N) is 2. The molecule has 2 unspecified atom stereocenters. The van der Waals surface area contributed by atoms with Crippen molar-refractivity contribution in [3.05, 3.63) is 34.9 Å². The van der Waals surface area contributed by atoms with Gasteiger partial charge in [0.25, 0.3) is 0 Å². The van der Waals surface area contributed by atoms with Crippen LogP contribution in [-0.4, -0.2) is 34.1 Å². The normalized spacial score (nSPS) is 18.5. The summed E-state index contributed by atoms with van der Waals surface area (Å²) in [5.74, 6) is 0.0859. The van der Waals surface area contributed by atoms with Gasteiger partial charge in [0.1, 0.15) is 23.4 Å². The van der Waals surface area contributed by atoms with Crippen LogP contribution in [0.25, 0.3) is 32.4 Å². The molecular formula is C19H14ClFN4O2S. The Bertz CT molecular complexity index is 1240. The van der Waals surface area contributed by atoms with Gasteiger partial charge in [-0.1, -0.05) is 11.6 Å². The number of benzene rings is 1. The maximum absolute atomic E-state index is 13.1. The van der Waals surface area contributed by atoms with Crippen LogP contribution in [0.3, 0.4) is 0 Å². The molecule has 1 aliphatic carbocycles. The zero-order valence-corrected chi connectivity index (χ0v) is 16.2. The molecule has 3 aromatic heterocycles. The van der Waals surface area contributed by atoms with Crippen LogP contribution >= 0.6 is 22.9 Å². The number of ether oxygens (including phenoxy) is 1. The Hall–Kier alpha value is -2.71. The Morgan fingerprint density at radius 1 is 1.46 bits per heavy atom. The van der Waals surface area contributed by atoms with Gasteiger partial charge in [0.15, 0.2) is 0 Å². The van der Waals surface area contributed by atoms with Crippen molar-refractivity contribution < 1.29 is 13.9 Å². The summed E-state index contributed by atoms with van der Waals surface area (Å²) < 4.78 is 19.5. The van der Waals surface area contributed by atoms with Crippen LogP contribution < -0.4 is 10.1 Å². The van der Waals surface area contributed by atoms with Crippen molar-refractivity contribution in [2.24, 2.45) is 5.92 Å². The van der Waals surface area contributed by atoms with Crippen LogP contribution in [0.5, 0.6) is 5.75 Å². The second-order valence-electron chi connectivity index (χ2n) is 6.61. The molecule has 0 aliphatic heterocycles. The van der Waals surface area contributed by atoms with Crippen molar-refractivity contribution in [3.8, 4) is 16.9 Å². The molecule has 4 aromatic rings. The average molecular weight is 417 g/mol. The number of hydrogen-bond acceptors (Lipinski definition) is 5. The first kappa shape index (κ1) is 17.4. The van der Waals surface area contributed by atoms with Crippen LogP contribution in [0.1, 0.15) is 6.42 Å². The minimum absolute atomic E-state index is 0.277. The highest BCUT2D eigenvalue weighted by molar-refractivity contribution is 7.17. The molecule has 5 rings (SSSR count). The molecule has 0 bridgehead atoms. The molecule has 3 heterocycles. The SMILES string of the molecule is COc1cc2ncsc2c(Cl)c1-c1c[nH]c2nc(NC(=O)C3CC3F)ccc12. The number of thiazole rings is 1. The molecule has 1 aliphatic rings. The van der Waals surface area contributed by atoms with Crippen molar-refractivity contribution in [1.29, 1.82) is 0 Å². The van der Waals surface area contributed by atoms with E-state index in [1.165, 1.54) is 11.3 Å².